The molecule has 0 saturated carbocycles. The van der Waals surface area contributed by atoms with Crippen LogP contribution in [0, 0.1) is 44.4 Å². The molecule has 6 rings (SSSR count). The highest BCUT2D eigenvalue weighted by Crippen LogP contribution is 2.39. The average molecular weight is 984 g/mol. The van der Waals surface area contributed by atoms with Crippen molar-refractivity contribution in [2.45, 2.75) is 118 Å². The van der Waals surface area contributed by atoms with Gasteiger partial charge in [-0.25, -0.2) is 4.98 Å². The summed E-state index contributed by atoms with van der Waals surface area (Å²) >= 11 is 1.55. The molecule has 2 aromatic heterocycles. The Morgan fingerprint density at radius 3 is 2.29 bits per heavy atom. The Labute approximate surface area is 410 Å². The van der Waals surface area contributed by atoms with Gasteiger partial charge in [-0.15, -0.1) is 11.3 Å². The minimum absolute atomic E-state index is 0.0367. The third kappa shape index (κ3) is 12.8. The minimum Gasteiger partial charge on any atom is -0.461 e. The molecule has 14 nitrogen and oxygen atoms in total. The number of hydrogen-bond donors (Lipinski definition) is 2. The highest BCUT2D eigenvalue weighted by atomic mass is 32.1. The lowest BCUT2D eigenvalue weighted by Crippen LogP contribution is -2.58. The van der Waals surface area contributed by atoms with Gasteiger partial charge in [0.25, 0.3) is 0 Å². The fourth-order valence-corrected chi connectivity index (χ4v) is 9.52. The number of carbonyl (C=O) groups excluding carboxylic acids is 4. The van der Waals surface area contributed by atoms with Crippen molar-refractivity contribution in [2.24, 2.45) is 5.41 Å². The number of nitrogens with zero attached hydrogens (tertiary/aromatic N) is 5. The summed E-state index contributed by atoms with van der Waals surface area (Å²) in [7, 11) is 0. The maximum Gasteiger partial charge on any atom is 0.417 e. The van der Waals surface area contributed by atoms with Gasteiger partial charge in [0.05, 0.1) is 51.6 Å². The maximum absolute atomic E-state index is 14.4. The van der Waals surface area contributed by atoms with Crippen LogP contribution in [0.25, 0.3) is 21.6 Å². The van der Waals surface area contributed by atoms with E-state index in [1.807, 2.05) is 70.2 Å². The molecule has 1 saturated heterocycles. The van der Waals surface area contributed by atoms with Gasteiger partial charge in [-0.1, -0.05) is 62.3 Å². The number of carbonyl (C=O) groups is 4. The first-order valence-corrected chi connectivity index (χ1v) is 24.0. The Morgan fingerprint density at radius 2 is 1.67 bits per heavy atom. The van der Waals surface area contributed by atoms with Crippen LogP contribution in [0.1, 0.15) is 106 Å². The predicted molar refractivity (Wildman–Crippen MR) is 260 cm³/mol. The van der Waals surface area contributed by atoms with Crippen LogP contribution in [0.3, 0.4) is 0 Å². The summed E-state index contributed by atoms with van der Waals surface area (Å²) in [4.78, 5) is 62.3. The first-order chi connectivity index (χ1) is 33.1. The van der Waals surface area contributed by atoms with Crippen molar-refractivity contribution in [3.8, 4) is 27.6 Å². The standard InChI is InChI=1S/C52H60F3N7O7S/c1-30-13-14-38(46-32(3)60-69-34(46)5)23-43(30)61(40-20-19-39(26-56)42(24-40)52(53,54)55)21-11-10-12-22-67-28-45(64)59-48(51(7,8)9)50(66)62-27-41(68-35(6)63)25-44(62)49(65)58-31(2)36-15-17-37(18-16-36)47-33(4)57-29-70-47/h13-20,23-24,29,31,41,44,48H,10-12,21-22,25,27-28H2,1-9H3,(H,58,65)(H,59,64)/t31-,41+,44?,48+/m0/s1. The number of aryl methyl sites for hydroxylation is 4. The zero-order chi connectivity index (χ0) is 51.1. The third-order valence-electron chi connectivity index (χ3n) is 12.3. The zero-order valence-electron chi connectivity index (χ0n) is 41.0. The lowest BCUT2D eigenvalue weighted by atomic mass is 9.85. The molecule has 1 unspecified atom stereocenters. The fourth-order valence-electron chi connectivity index (χ4n) is 8.71. The number of esters is 1. The number of thiazole rings is 1. The molecule has 3 aromatic carbocycles. The van der Waals surface area contributed by atoms with Crippen molar-refractivity contribution < 1.29 is 46.3 Å². The van der Waals surface area contributed by atoms with E-state index in [4.69, 9.17) is 14.0 Å². The Balaban J connectivity index is 1.07. The van der Waals surface area contributed by atoms with E-state index in [1.54, 1.807) is 55.5 Å². The molecule has 1 fully saturated rings. The molecule has 0 spiro atoms. The number of nitrogens with one attached hydrogen (secondary N) is 2. The van der Waals surface area contributed by atoms with Gasteiger partial charge < -0.3 is 34.4 Å². The molecular weight excluding hydrogens is 924 g/mol. The Kier molecular flexibility index (Phi) is 16.9. The normalized spacial score (nSPS) is 15.8. The van der Waals surface area contributed by atoms with Crippen molar-refractivity contribution in [3.05, 3.63) is 106 Å². The topological polar surface area (TPSA) is 180 Å². The highest BCUT2D eigenvalue weighted by molar-refractivity contribution is 7.13. The summed E-state index contributed by atoms with van der Waals surface area (Å²) < 4.78 is 59.2. The summed E-state index contributed by atoms with van der Waals surface area (Å²) in [5.41, 5.74) is 6.30. The van der Waals surface area contributed by atoms with Crippen LogP contribution in [0.2, 0.25) is 0 Å². The number of hydrogen-bond acceptors (Lipinski definition) is 12. The minimum atomic E-state index is -4.75. The number of ether oxygens (including phenoxy) is 2. The number of unbranched alkanes of at least 4 members (excludes halogenated alkanes) is 2. The summed E-state index contributed by atoms with van der Waals surface area (Å²) in [5.74, 6) is -1.41. The molecule has 3 heterocycles. The number of rotatable bonds is 18. The molecule has 3 amide bonds. The molecule has 18 heteroatoms. The predicted octanol–water partition coefficient (Wildman–Crippen LogP) is 9.86. The summed E-state index contributed by atoms with van der Waals surface area (Å²) in [5, 5.41) is 19.4. The molecule has 70 heavy (non-hydrogen) atoms. The number of aromatic nitrogens is 2. The molecule has 4 atom stereocenters. The van der Waals surface area contributed by atoms with Gasteiger partial charge in [-0.2, -0.15) is 18.4 Å². The number of amides is 3. The summed E-state index contributed by atoms with van der Waals surface area (Å²) in [6.07, 6.45) is -3.77. The maximum atomic E-state index is 14.4. The largest absolute Gasteiger partial charge is 0.461 e. The highest BCUT2D eigenvalue weighted by Gasteiger charge is 2.46. The number of alkyl halides is 3. The van der Waals surface area contributed by atoms with E-state index in [0.29, 0.717) is 42.9 Å². The molecule has 0 bridgehead atoms. The second-order valence-corrected chi connectivity index (χ2v) is 19.6. The van der Waals surface area contributed by atoms with Crippen molar-refractivity contribution in [1.82, 2.24) is 25.7 Å². The van der Waals surface area contributed by atoms with Gasteiger partial charge in [0.2, 0.25) is 17.7 Å². The average Bonchev–Trinajstić information content (AvgIpc) is 4.03. The van der Waals surface area contributed by atoms with Gasteiger partial charge in [0.1, 0.15) is 30.6 Å². The van der Waals surface area contributed by atoms with E-state index in [9.17, 15) is 37.6 Å². The van der Waals surface area contributed by atoms with E-state index in [-0.39, 0.29) is 31.9 Å². The second kappa shape index (κ2) is 22.4. The van der Waals surface area contributed by atoms with E-state index in [2.05, 4.69) is 20.8 Å². The quantitative estimate of drug-likeness (QED) is 0.0630. The molecule has 1 aliphatic rings. The van der Waals surface area contributed by atoms with Crippen LogP contribution in [0.15, 0.2) is 70.7 Å². The van der Waals surface area contributed by atoms with E-state index in [1.165, 1.54) is 24.0 Å². The van der Waals surface area contributed by atoms with Crippen LogP contribution in [0.5, 0.6) is 0 Å². The molecule has 0 aliphatic carbocycles. The Hall–Kier alpha value is -6.58. The Bertz CT molecular complexity index is 2700. The summed E-state index contributed by atoms with van der Waals surface area (Å²) in [6.45, 7) is 16.0. The van der Waals surface area contributed by atoms with Gasteiger partial charge in [0, 0.05) is 43.4 Å². The first kappa shape index (κ1) is 52.8. The first-order valence-electron chi connectivity index (χ1n) is 23.2. The van der Waals surface area contributed by atoms with Crippen LogP contribution in [-0.2, 0) is 34.8 Å². The van der Waals surface area contributed by atoms with E-state index < -0.39 is 70.6 Å². The van der Waals surface area contributed by atoms with Gasteiger partial charge in [-0.05, 0) is 106 Å². The smallest absolute Gasteiger partial charge is 0.417 e. The molecule has 2 N–H and O–H groups in total. The number of benzene rings is 3. The van der Waals surface area contributed by atoms with Crippen molar-refractivity contribution >= 4 is 46.4 Å². The SMILES string of the molecule is CC(=O)O[C@@H]1CC(C(=O)N[C@@H](C)c2ccc(-c3scnc3C)cc2)N(C(=O)[C@@H](NC(=O)COCCCCCN(c2ccc(C#N)c(C(F)(F)F)c2)c2cc(-c3c(C)noc3C)ccc2C)C(C)(C)C)C1. The monoisotopic (exact) mass is 983 g/mol. The number of likely N-dealkylation sites (tertiary alicyclic amines) is 1. The molecule has 0 radical (unpaired) electrons. The molecule has 1 aliphatic heterocycles. The van der Waals surface area contributed by atoms with E-state index in [0.717, 1.165) is 44.5 Å². The third-order valence-corrected chi connectivity index (χ3v) is 13.3. The van der Waals surface area contributed by atoms with Crippen LogP contribution >= 0.6 is 11.3 Å². The second-order valence-electron chi connectivity index (χ2n) is 18.8. The Morgan fingerprint density at radius 1 is 0.957 bits per heavy atom. The fraction of sp³-hybridized carbons (Fsp3) is 0.442. The van der Waals surface area contributed by atoms with E-state index >= 15 is 0 Å². The van der Waals surface area contributed by atoms with Crippen LogP contribution in [0.4, 0.5) is 24.5 Å². The van der Waals surface area contributed by atoms with Crippen molar-refractivity contribution in [3.63, 3.8) is 0 Å². The van der Waals surface area contributed by atoms with Crippen molar-refractivity contribution in [1.29, 1.82) is 5.26 Å². The lowest BCUT2D eigenvalue weighted by Gasteiger charge is -2.35. The molecule has 372 valence electrons. The zero-order valence-corrected chi connectivity index (χ0v) is 41.8. The lowest BCUT2D eigenvalue weighted by molar-refractivity contribution is -0.147. The number of halogens is 3. The van der Waals surface area contributed by atoms with Crippen LogP contribution < -0.4 is 15.5 Å². The summed E-state index contributed by atoms with van der Waals surface area (Å²) in [6, 6.07) is 16.4. The molecular formula is C52H60F3N7O7S. The van der Waals surface area contributed by atoms with Gasteiger partial charge >= 0.3 is 12.1 Å². The van der Waals surface area contributed by atoms with Crippen molar-refractivity contribution in [2.75, 3.05) is 31.2 Å². The van der Waals surface area contributed by atoms with Gasteiger partial charge in [-0.3, -0.25) is 19.2 Å². The number of anilines is 2. The van der Waals surface area contributed by atoms with Crippen LogP contribution in [-0.4, -0.2) is 83.2 Å². The van der Waals surface area contributed by atoms with Gasteiger partial charge in [0.15, 0.2) is 0 Å². The number of nitriles is 1. The molecule has 5 aromatic rings.